The molecule has 3 aromatic rings. The van der Waals surface area contributed by atoms with Crippen molar-refractivity contribution in [3.63, 3.8) is 0 Å². The van der Waals surface area contributed by atoms with Crippen molar-refractivity contribution in [2.75, 3.05) is 20.2 Å². The molecule has 2 atom stereocenters. The molecular weight excluding hydrogens is 478 g/mol. The number of aromatic nitrogens is 3. The summed E-state index contributed by atoms with van der Waals surface area (Å²) < 4.78 is 32.9. The van der Waals surface area contributed by atoms with Gasteiger partial charge in [-0.05, 0) is 55.9 Å². The second-order valence-corrected chi connectivity index (χ2v) is 11.8. The number of carbonyl (C=O) groups is 1. The zero-order chi connectivity index (χ0) is 25.1. The number of nitrogens with one attached hydrogen (secondary N) is 2. The summed E-state index contributed by atoms with van der Waals surface area (Å²) >= 11 is 0. The van der Waals surface area contributed by atoms with Gasteiger partial charge in [-0.25, -0.2) is 18.4 Å². The molecule has 2 aromatic heterocycles. The van der Waals surface area contributed by atoms with E-state index in [0.717, 1.165) is 67.4 Å². The summed E-state index contributed by atoms with van der Waals surface area (Å²) in [5.41, 5.74) is 3.24. The molecule has 9 nitrogen and oxygen atoms in total. The number of carbonyl (C=O) groups excluding carboxylic acids is 1. The van der Waals surface area contributed by atoms with Crippen LogP contribution < -0.4 is 5.32 Å². The lowest BCUT2D eigenvalue weighted by atomic mass is 10.1. The van der Waals surface area contributed by atoms with Crippen molar-refractivity contribution >= 4 is 27.1 Å². The predicted octanol–water partition coefficient (Wildman–Crippen LogP) is 3.42. The number of benzene rings is 1. The zero-order valence-electron chi connectivity index (χ0n) is 20.6. The van der Waals surface area contributed by atoms with Crippen LogP contribution in [0.1, 0.15) is 50.8 Å². The van der Waals surface area contributed by atoms with E-state index in [1.807, 2.05) is 18.2 Å². The monoisotopic (exact) mass is 511 g/mol. The Bertz CT molecular complexity index is 1320. The minimum atomic E-state index is -3.58. The quantitative estimate of drug-likeness (QED) is 0.479. The van der Waals surface area contributed by atoms with Crippen molar-refractivity contribution < 1.29 is 17.9 Å². The second-order valence-electron chi connectivity index (χ2n) is 9.77. The highest BCUT2D eigenvalue weighted by Gasteiger charge is 2.26. The van der Waals surface area contributed by atoms with E-state index in [1.54, 1.807) is 25.4 Å². The molecule has 0 radical (unpaired) electrons. The van der Waals surface area contributed by atoms with Gasteiger partial charge in [0.15, 0.2) is 5.65 Å². The number of hydrogen-bond donors (Lipinski definition) is 2. The SMILES string of the molecule is CN(CC1CCCO1)S(=O)(=O)c1ccc(-c2cnc3nc(CCC4CCCCC(=O)N4)[nH]c3c2)cc1. The molecule has 0 bridgehead atoms. The third kappa shape index (κ3) is 5.61. The van der Waals surface area contributed by atoms with Crippen molar-refractivity contribution in [1.29, 1.82) is 0 Å². The smallest absolute Gasteiger partial charge is 0.242 e. The fourth-order valence-electron chi connectivity index (χ4n) is 4.97. The molecule has 10 heteroatoms. The van der Waals surface area contributed by atoms with Gasteiger partial charge in [0.05, 0.1) is 16.5 Å². The maximum absolute atomic E-state index is 13.0. The van der Waals surface area contributed by atoms with Gasteiger partial charge in [-0.1, -0.05) is 18.6 Å². The number of aryl methyl sites for hydroxylation is 1. The Labute approximate surface area is 211 Å². The van der Waals surface area contributed by atoms with Crippen molar-refractivity contribution in [2.45, 2.75) is 68.4 Å². The third-order valence-corrected chi connectivity index (χ3v) is 8.91. The third-order valence-electron chi connectivity index (χ3n) is 7.07. The summed E-state index contributed by atoms with van der Waals surface area (Å²) in [7, 11) is -1.98. The lowest BCUT2D eigenvalue weighted by Crippen LogP contribution is -2.34. The molecule has 2 fully saturated rings. The van der Waals surface area contributed by atoms with E-state index in [2.05, 4.69) is 20.3 Å². The van der Waals surface area contributed by atoms with Crippen LogP contribution in [0.3, 0.4) is 0 Å². The normalized spacial score (nSPS) is 21.1. The van der Waals surface area contributed by atoms with E-state index in [4.69, 9.17) is 4.74 Å². The molecule has 0 spiro atoms. The lowest BCUT2D eigenvalue weighted by molar-refractivity contribution is -0.121. The van der Waals surface area contributed by atoms with Gasteiger partial charge in [0.25, 0.3) is 0 Å². The standard InChI is InChI=1S/C26H33N5O4S/c1-31(17-21-6-4-14-35-21)36(33,34)22-11-8-18(9-12-22)19-15-23-26(27-16-19)30-24(29-23)13-10-20-5-2-3-7-25(32)28-20/h8-9,11-12,15-16,20-21H,2-7,10,13-14,17H2,1H3,(H,28,32)(H,27,29,30). The molecule has 1 amide bonds. The van der Waals surface area contributed by atoms with E-state index < -0.39 is 10.0 Å². The van der Waals surface area contributed by atoms with E-state index in [9.17, 15) is 13.2 Å². The van der Waals surface area contributed by atoms with Gasteiger partial charge in [0.1, 0.15) is 5.82 Å². The van der Waals surface area contributed by atoms with Gasteiger partial charge >= 0.3 is 0 Å². The molecule has 0 aliphatic carbocycles. The first-order valence-corrected chi connectivity index (χ1v) is 14.1. The number of imidazole rings is 1. The lowest BCUT2D eigenvalue weighted by Gasteiger charge is -2.20. The van der Waals surface area contributed by atoms with E-state index in [-0.39, 0.29) is 22.9 Å². The Kier molecular flexibility index (Phi) is 7.36. The van der Waals surface area contributed by atoms with Crippen LogP contribution in [0, 0.1) is 0 Å². The largest absolute Gasteiger partial charge is 0.377 e. The maximum atomic E-state index is 13.0. The summed E-state index contributed by atoms with van der Waals surface area (Å²) in [6, 6.07) is 9.07. The number of nitrogens with zero attached hydrogens (tertiary/aromatic N) is 3. The summed E-state index contributed by atoms with van der Waals surface area (Å²) in [6.07, 6.45) is 8.81. The highest BCUT2D eigenvalue weighted by Crippen LogP contribution is 2.25. The molecule has 4 heterocycles. The van der Waals surface area contributed by atoms with Gasteiger partial charge < -0.3 is 15.0 Å². The average Bonchev–Trinajstić information content (AvgIpc) is 3.48. The van der Waals surface area contributed by atoms with Gasteiger partial charge in [0, 0.05) is 50.8 Å². The first-order chi connectivity index (χ1) is 17.4. The van der Waals surface area contributed by atoms with Crippen molar-refractivity contribution in [1.82, 2.24) is 24.6 Å². The fourth-order valence-corrected chi connectivity index (χ4v) is 6.18. The number of amides is 1. The van der Waals surface area contributed by atoms with Crippen LogP contribution in [0.2, 0.25) is 0 Å². The second kappa shape index (κ2) is 10.7. The maximum Gasteiger partial charge on any atom is 0.242 e. The Morgan fingerprint density at radius 3 is 2.72 bits per heavy atom. The first-order valence-electron chi connectivity index (χ1n) is 12.7. The van der Waals surface area contributed by atoms with Gasteiger partial charge in [0.2, 0.25) is 15.9 Å². The fraction of sp³-hybridized carbons (Fsp3) is 0.500. The van der Waals surface area contributed by atoms with Gasteiger partial charge in [-0.3, -0.25) is 4.79 Å². The van der Waals surface area contributed by atoms with Crippen LogP contribution in [0.25, 0.3) is 22.3 Å². The van der Waals surface area contributed by atoms with Crippen LogP contribution in [-0.2, 0) is 26.0 Å². The summed E-state index contributed by atoms with van der Waals surface area (Å²) in [6.45, 7) is 1.06. The predicted molar refractivity (Wildman–Crippen MR) is 137 cm³/mol. The minimum Gasteiger partial charge on any atom is -0.377 e. The van der Waals surface area contributed by atoms with Crippen molar-refractivity contribution in [3.8, 4) is 11.1 Å². The number of sulfonamides is 1. The zero-order valence-corrected chi connectivity index (χ0v) is 21.4. The van der Waals surface area contributed by atoms with Gasteiger partial charge in [-0.2, -0.15) is 4.31 Å². The Morgan fingerprint density at radius 2 is 1.94 bits per heavy atom. The number of aromatic amines is 1. The van der Waals surface area contributed by atoms with Crippen LogP contribution in [0.15, 0.2) is 41.4 Å². The number of ether oxygens (including phenoxy) is 1. The van der Waals surface area contributed by atoms with Crippen molar-refractivity contribution in [3.05, 3.63) is 42.4 Å². The van der Waals surface area contributed by atoms with E-state index in [1.165, 1.54) is 4.31 Å². The molecule has 36 heavy (non-hydrogen) atoms. The molecule has 2 unspecified atom stereocenters. The molecule has 0 saturated carbocycles. The molecule has 2 aliphatic heterocycles. The van der Waals surface area contributed by atoms with Gasteiger partial charge in [-0.15, -0.1) is 0 Å². The van der Waals surface area contributed by atoms with Crippen LogP contribution >= 0.6 is 0 Å². The van der Waals surface area contributed by atoms with Crippen molar-refractivity contribution in [2.24, 2.45) is 0 Å². The summed E-state index contributed by atoms with van der Waals surface area (Å²) in [5.74, 6) is 0.991. The van der Waals surface area contributed by atoms with Crippen LogP contribution in [-0.4, -0.2) is 65.9 Å². The Morgan fingerprint density at radius 1 is 1.11 bits per heavy atom. The van der Waals surface area contributed by atoms with E-state index in [0.29, 0.717) is 25.2 Å². The number of H-pyrrole nitrogens is 1. The highest BCUT2D eigenvalue weighted by molar-refractivity contribution is 7.89. The number of pyridine rings is 1. The minimum absolute atomic E-state index is 0.0351. The van der Waals surface area contributed by atoms with Crippen LogP contribution in [0.5, 0.6) is 0 Å². The van der Waals surface area contributed by atoms with Crippen LogP contribution in [0.4, 0.5) is 0 Å². The molecule has 192 valence electrons. The number of fused-ring (bicyclic) bond motifs is 1. The summed E-state index contributed by atoms with van der Waals surface area (Å²) in [5, 5.41) is 3.10. The average molecular weight is 512 g/mol. The first kappa shape index (κ1) is 24.9. The summed E-state index contributed by atoms with van der Waals surface area (Å²) in [4.78, 5) is 24.5. The Hall–Kier alpha value is -2.82. The highest BCUT2D eigenvalue weighted by atomic mass is 32.2. The number of rotatable bonds is 8. The molecule has 5 rings (SSSR count). The molecular formula is C26H33N5O4S. The van der Waals surface area contributed by atoms with E-state index >= 15 is 0 Å². The molecule has 2 N–H and O–H groups in total. The number of likely N-dealkylation sites (N-methyl/N-ethyl adjacent to an activating group) is 1. The molecule has 2 saturated heterocycles. The molecule has 1 aromatic carbocycles. The molecule has 2 aliphatic rings. The number of hydrogen-bond acceptors (Lipinski definition) is 6. The Balaban J connectivity index is 1.26. The topological polar surface area (TPSA) is 117 Å².